The average Bonchev–Trinajstić information content (AvgIpc) is 2.31. The molecule has 0 saturated carbocycles. The van der Waals surface area contributed by atoms with Gasteiger partial charge in [0.1, 0.15) is 0 Å². The van der Waals surface area contributed by atoms with E-state index in [-0.39, 0.29) is 0 Å². The van der Waals surface area contributed by atoms with Crippen LogP contribution >= 0.6 is 51.1 Å². The first-order valence-corrected chi connectivity index (χ1v) is 8.39. The van der Waals surface area contributed by atoms with E-state index in [1.54, 1.807) is 0 Å². The average molecular weight is 336 g/mol. The first-order chi connectivity index (χ1) is 7.75. The van der Waals surface area contributed by atoms with Gasteiger partial charge in [0.15, 0.2) is 0 Å². The Morgan fingerprint density at radius 1 is 1.25 bits per heavy atom. The van der Waals surface area contributed by atoms with Crippen LogP contribution in [0.4, 0.5) is 0 Å². The van der Waals surface area contributed by atoms with Gasteiger partial charge in [-0.15, -0.1) is 23.5 Å². The van der Waals surface area contributed by atoms with E-state index in [0.29, 0.717) is 4.58 Å². The predicted octanol–water partition coefficient (Wildman–Crippen LogP) is 5.23. The normalized spacial score (nSPS) is 18.8. The van der Waals surface area contributed by atoms with Crippen molar-refractivity contribution in [3.8, 4) is 0 Å². The van der Waals surface area contributed by atoms with Crippen LogP contribution in [0.2, 0.25) is 0 Å². The third-order valence-corrected chi connectivity index (χ3v) is 5.92. The van der Waals surface area contributed by atoms with E-state index < -0.39 is 0 Å². The Morgan fingerprint density at radius 3 is 2.50 bits per heavy atom. The Labute approximate surface area is 118 Å². The summed E-state index contributed by atoms with van der Waals surface area (Å²) in [6.07, 6.45) is 3.48. The summed E-state index contributed by atoms with van der Waals surface area (Å²) in [5.74, 6) is 2.50. The zero-order valence-electron chi connectivity index (χ0n) is 8.66. The van der Waals surface area contributed by atoms with Crippen molar-refractivity contribution >= 4 is 56.1 Å². The quantitative estimate of drug-likeness (QED) is 0.726. The Kier molecular flexibility index (Phi) is 5.14. The molecule has 16 heavy (non-hydrogen) atoms. The van der Waals surface area contributed by atoms with Gasteiger partial charge in [-0.1, -0.05) is 39.7 Å². The molecule has 0 atom stereocenters. The summed E-state index contributed by atoms with van der Waals surface area (Å²) in [5.41, 5.74) is 1.09. The number of halogens is 2. The van der Waals surface area contributed by atoms with E-state index in [4.69, 9.17) is 11.6 Å². The van der Waals surface area contributed by atoms with E-state index in [1.807, 2.05) is 47.8 Å². The largest absolute Gasteiger partial charge is 0.143 e. The Hall–Kier alpha value is 0.430. The molecule has 1 aliphatic heterocycles. The van der Waals surface area contributed by atoms with E-state index in [1.165, 1.54) is 17.9 Å². The van der Waals surface area contributed by atoms with Gasteiger partial charge in [0.2, 0.25) is 0 Å². The van der Waals surface area contributed by atoms with Gasteiger partial charge in [-0.3, -0.25) is 0 Å². The Balaban J connectivity index is 2.07. The number of thioether (sulfide) groups is 2. The van der Waals surface area contributed by atoms with Gasteiger partial charge in [-0.25, -0.2) is 0 Å². The lowest BCUT2D eigenvalue weighted by atomic mass is 10.2. The minimum atomic E-state index is 0.518. The highest BCUT2D eigenvalue weighted by molar-refractivity contribution is 9.10. The molecule has 2 rings (SSSR count). The molecule has 0 spiro atoms. The smallest absolute Gasteiger partial charge is 0.0699 e. The molecule has 1 saturated heterocycles. The highest BCUT2D eigenvalue weighted by atomic mass is 79.9. The van der Waals surface area contributed by atoms with E-state index in [9.17, 15) is 0 Å². The summed E-state index contributed by atoms with van der Waals surface area (Å²) >= 11 is 13.7. The predicted molar refractivity (Wildman–Crippen MR) is 81.3 cm³/mol. The molecule has 0 radical (unpaired) electrons. The highest BCUT2D eigenvalue weighted by Gasteiger charge is 2.12. The molecular weight excluding hydrogens is 324 g/mol. The molecule has 1 fully saturated rings. The van der Waals surface area contributed by atoms with Crippen LogP contribution < -0.4 is 0 Å². The molecule has 1 aromatic rings. The minimum Gasteiger partial charge on any atom is -0.143 e. The van der Waals surface area contributed by atoms with Crippen molar-refractivity contribution in [3.05, 3.63) is 40.4 Å². The molecule has 0 unspecified atom stereocenters. The van der Waals surface area contributed by atoms with E-state index in [2.05, 4.69) is 22.0 Å². The molecule has 0 aliphatic carbocycles. The van der Waals surface area contributed by atoms with Crippen molar-refractivity contribution in [1.29, 1.82) is 0 Å². The molecule has 86 valence electrons. The summed E-state index contributed by atoms with van der Waals surface area (Å²) in [6, 6.07) is 8.13. The van der Waals surface area contributed by atoms with Crippen LogP contribution in [0, 0.1) is 0 Å². The zero-order chi connectivity index (χ0) is 11.4. The molecule has 0 N–H and O–H groups in total. The van der Waals surface area contributed by atoms with Crippen LogP contribution in [0.5, 0.6) is 0 Å². The van der Waals surface area contributed by atoms with Crippen LogP contribution in [0.1, 0.15) is 12.0 Å². The molecule has 0 aromatic heterocycles. The SMILES string of the molecule is ClC(=CC1SCCCS1)c1ccc(Br)cc1. The zero-order valence-corrected chi connectivity index (χ0v) is 12.6. The molecule has 0 bridgehead atoms. The van der Waals surface area contributed by atoms with Crippen LogP contribution in [-0.2, 0) is 0 Å². The van der Waals surface area contributed by atoms with Gasteiger partial charge < -0.3 is 0 Å². The van der Waals surface area contributed by atoms with Gasteiger partial charge in [-0.05, 0) is 41.7 Å². The van der Waals surface area contributed by atoms with Crippen LogP contribution in [0.25, 0.3) is 5.03 Å². The monoisotopic (exact) mass is 334 g/mol. The Morgan fingerprint density at radius 2 is 1.88 bits per heavy atom. The third kappa shape index (κ3) is 3.73. The maximum Gasteiger partial charge on any atom is 0.0699 e. The second-order valence-electron chi connectivity index (χ2n) is 3.49. The molecule has 0 nitrogen and oxygen atoms in total. The Bertz CT molecular complexity index is 369. The van der Waals surface area contributed by atoms with Crippen molar-refractivity contribution < 1.29 is 0 Å². The number of hydrogen-bond acceptors (Lipinski definition) is 2. The van der Waals surface area contributed by atoms with E-state index >= 15 is 0 Å². The lowest BCUT2D eigenvalue weighted by Crippen LogP contribution is -2.03. The second-order valence-corrected chi connectivity index (χ2v) is 7.61. The summed E-state index contributed by atoms with van der Waals surface area (Å²) in [5, 5.41) is 0.861. The first kappa shape index (κ1) is 12.9. The lowest BCUT2D eigenvalue weighted by Gasteiger charge is -2.17. The van der Waals surface area contributed by atoms with Gasteiger partial charge in [0.25, 0.3) is 0 Å². The fourth-order valence-corrected chi connectivity index (χ4v) is 4.79. The molecule has 0 amide bonds. The summed E-state index contributed by atoms with van der Waals surface area (Å²) in [4.78, 5) is 0. The van der Waals surface area contributed by atoms with Gasteiger partial charge in [-0.2, -0.15) is 0 Å². The van der Waals surface area contributed by atoms with Crippen molar-refractivity contribution in [2.24, 2.45) is 0 Å². The number of hydrogen-bond donors (Lipinski definition) is 0. The van der Waals surface area contributed by atoms with Crippen molar-refractivity contribution in [3.63, 3.8) is 0 Å². The summed E-state index contributed by atoms with van der Waals surface area (Å²) in [6.45, 7) is 0. The summed E-state index contributed by atoms with van der Waals surface area (Å²) < 4.78 is 1.60. The van der Waals surface area contributed by atoms with E-state index in [0.717, 1.165) is 15.1 Å². The van der Waals surface area contributed by atoms with Gasteiger partial charge in [0, 0.05) is 9.51 Å². The molecule has 1 aromatic carbocycles. The third-order valence-electron chi connectivity index (χ3n) is 2.26. The molecule has 4 heteroatoms. The number of benzene rings is 1. The maximum atomic E-state index is 6.31. The standard InChI is InChI=1S/C12H12BrClS2/c13-10-4-2-9(3-5-10)11(14)8-12-15-6-1-7-16-12/h2-5,8,12H,1,6-7H2. The number of rotatable bonds is 2. The van der Waals surface area contributed by atoms with Crippen LogP contribution in [0.15, 0.2) is 34.8 Å². The minimum absolute atomic E-state index is 0.518. The maximum absolute atomic E-state index is 6.31. The molecule has 1 heterocycles. The second kappa shape index (κ2) is 6.39. The van der Waals surface area contributed by atoms with Gasteiger partial charge >= 0.3 is 0 Å². The fourth-order valence-electron chi connectivity index (χ4n) is 1.43. The summed E-state index contributed by atoms with van der Waals surface area (Å²) in [7, 11) is 0. The molecule has 1 aliphatic rings. The first-order valence-electron chi connectivity index (χ1n) is 5.12. The van der Waals surface area contributed by atoms with Crippen molar-refractivity contribution in [2.75, 3.05) is 11.5 Å². The van der Waals surface area contributed by atoms with Gasteiger partial charge in [0.05, 0.1) is 4.58 Å². The van der Waals surface area contributed by atoms with Crippen LogP contribution in [0.3, 0.4) is 0 Å². The van der Waals surface area contributed by atoms with Crippen molar-refractivity contribution in [1.82, 2.24) is 0 Å². The topological polar surface area (TPSA) is 0 Å². The van der Waals surface area contributed by atoms with Crippen LogP contribution in [-0.4, -0.2) is 16.1 Å². The molecular formula is C12H12BrClS2. The van der Waals surface area contributed by atoms with Crippen molar-refractivity contribution in [2.45, 2.75) is 11.0 Å². The fraction of sp³-hybridized carbons (Fsp3) is 0.333. The highest BCUT2D eigenvalue weighted by Crippen LogP contribution is 2.34. The lowest BCUT2D eigenvalue weighted by molar-refractivity contribution is 1.11.